The fourth-order valence-corrected chi connectivity index (χ4v) is 2.37. The summed E-state index contributed by atoms with van der Waals surface area (Å²) >= 11 is 0. The fourth-order valence-electron chi connectivity index (χ4n) is 2.37. The predicted octanol–water partition coefficient (Wildman–Crippen LogP) is 1.58. The minimum Gasteiger partial charge on any atom is -0.357 e. The minimum atomic E-state index is -0.250. The molecule has 4 N–H and O–H groups in total. The van der Waals surface area contributed by atoms with Gasteiger partial charge in [-0.1, -0.05) is 12.1 Å². The topological polar surface area (TPSA) is 94.2 Å². The van der Waals surface area contributed by atoms with Gasteiger partial charge in [-0.3, -0.25) is 4.79 Å². The van der Waals surface area contributed by atoms with E-state index in [0.717, 1.165) is 29.8 Å². The summed E-state index contributed by atoms with van der Waals surface area (Å²) in [6.45, 7) is 9.34. The highest BCUT2D eigenvalue weighted by Gasteiger charge is 2.13. The van der Waals surface area contributed by atoms with Crippen molar-refractivity contribution in [2.45, 2.75) is 39.7 Å². The van der Waals surface area contributed by atoms with Gasteiger partial charge in [0.1, 0.15) is 12.4 Å². The molecule has 0 aliphatic heterocycles. The lowest BCUT2D eigenvalue weighted by Gasteiger charge is -2.20. The summed E-state index contributed by atoms with van der Waals surface area (Å²) in [5, 5.41) is 9.27. The van der Waals surface area contributed by atoms with Gasteiger partial charge < -0.3 is 20.9 Å². The molecule has 1 aromatic carbocycles. The van der Waals surface area contributed by atoms with Crippen LogP contribution in [0.25, 0.3) is 11.0 Å². The van der Waals surface area contributed by atoms with E-state index in [1.54, 1.807) is 0 Å². The minimum absolute atomic E-state index is 0.0945. The van der Waals surface area contributed by atoms with E-state index < -0.39 is 0 Å². The standard InChI is InChI=1S/C18H28N6O/c1-5-19-17(21-12-16(25)24-18(2,3)4)20-11-10-15-22-13-8-6-7-9-14(13)23-15/h6-9H,5,10-12H2,1-4H3,(H,22,23)(H,24,25)(H2,19,20,21). The number of guanidine groups is 1. The van der Waals surface area contributed by atoms with Crippen LogP contribution in [0, 0.1) is 0 Å². The van der Waals surface area contributed by atoms with Crippen molar-refractivity contribution < 1.29 is 4.79 Å². The number of hydrogen-bond acceptors (Lipinski definition) is 3. The van der Waals surface area contributed by atoms with Gasteiger partial charge in [0.2, 0.25) is 5.91 Å². The van der Waals surface area contributed by atoms with Crippen LogP contribution in [0.1, 0.15) is 33.5 Å². The van der Waals surface area contributed by atoms with E-state index in [9.17, 15) is 4.79 Å². The summed E-state index contributed by atoms with van der Waals surface area (Å²) in [4.78, 5) is 24.0. The van der Waals surface area contributed by atoms with Crippen LogP contribution in [0.5, 0.6) is 0 Å². The summed E-state index contributed by atoms with van der Waals surface area (Å²) in [5.41, 5.74) is 1.76. The lowest BCUT2D eigenvalue weighted by atomic mass is 10.1. The lowest BCUT2D eigenvalue weighted by molar-refractivity contribution is -0.121. The van der Waals surface area contributed by atoms with Gasteiger partial charge in [-0.15, -0.1) is 0 Å². The molecule has 1 aromatic heterocycles. The summed E-state index contributed by atoms with van der Waals surface area (Å²) in [6.07, 6.45) is 0.743. The Bertz CT molecular complexity index is 695. The summed E-state index contributed by atoms with van der Waals surface area (Å²) in [6, 6.07) is 7.96. The number of fused-ring (bicyclic) bond motifs is 1. The van der Waals surface area contributed by atoms with Gasteiger partial charge in [-0.25, -0.2) is 9.98 Å². The molecular weight excluding hydrogens is 316 g/mol. The third-order valence-corrected chi connectivity index (χ3v) is 3.33. The maximum atomic E-state index is 11.9. The summed E-state index contributed by atoms with van der Waals surface area (Å²) < 4.78 is 0. The van der Waals surface area contributed by atoms with Crippen LogP contribution in [0.4, 0.5) is 0 Å². The molecule has 0 bridgehead atoms. The van der Waals surface area contributed by atoms with Gasteiger partial charge >= 0.3 is 0 Å². The molecule has 0 unspecified atom stereocenters. The number of benzene rings is 1. The zero-order chi connectivity index (χ0) is 18.3. The Kier molecular flexibility index (Phi) is 6.38. The number of amides is 1. The number of rotatable bonds is 6. The van der Waals surface area contributed by atoms with Crippen molar-refractivity contribution in [1.29, 1.82) is 0 Å². The normalized spacial score (nSPS) is 12.2. The molecule has 25 heavy (non-hydrogen) atoms. The van der Waals surface area contributed by atoms with Gasteiger partial charge in [-0.05, 0) is 39.8 Å². The number of imidazole rings is 1. The number of nitrogens with one attached hydrogen (secondary N) is 4. The molecule has 0 saturated carbocycles. The van der Waals surface area contributed by atoms with Gasteiger partial charge in [0.25, 0.3) is 0 Å². The van der Waals surface area contributed by atoms with Crippen molar-refractivity contribution in [1.82, 2.24) is 25.9 Å². The number of aromatic nitrogens is 2. The second kappa shape index (κ2) is 8.50. The Morgan fingerprint density at radius 2 is 2.00 bits per heavy atom. The van der Waals surface area contributed by atoms with E-state index in [-0.39, 0.29) is 18.0 Å². The van der Waals surface area contributed by atoms with Crippen molar-refractivity contribution in [2.24, 2.45) is 4.99 Å². The van der Waals surface area contributed by atoms with Gasteiger partial charge in [0.05, 0.1) is 11.0 Å². The number of nitrogens with zero attached hydrogens (tertiary/aromatic N) is 2. The smallest absolute Gasteiger partial charge is 0.242 e. The number of carbonyl (C=O) groups excluding carboxylic acids is 1. The Labute approximate surface area is 148 Å². The largest absolute Gasteiger partial charge is 0.357 e. The van der Waals surface area contributed by atoms with E-state index >= 15 is 0 Å². The number of hydrogen-bond donors (Lipinski definition) is 4. The summed E-state index contributed by atoms with van der Waals surface area (Å²) in [5.74, 6) is 1.46. The fraction of sp³-hybridized carbons (Fsp3) is 0.500. The van der Waals surface area contributed by atoms with Crippen molar-refractivity contribution >= 4 is 22.9 Å². The third-order valence-electron chi connectivity index (χ3n) is 3.33. The average Bonchev–Trinajstić information content (AvgIpc) is 2.93. The summed E-state index contributed by atoms with van der Waals surface area (Å²) in [7, 11) is 0. The third kappa shape index (κ3) is 6.45. The van der Waals surface area contributed by atoms with Gasteiger partial charge in [0.15, 0.2) is 5.96 Å². The SMILES string of the molecule is CCNC(=NCC(=O)NC(C)(C)C)NCCc1nc2ccccc2[nH]1. The van der Waals surface area contributed by atoms with Crippen LogP contribution < -0.4 is 16.0 Å². The quantitative estimate of drug-likeness (QED) is 0.473. The molecule has 136 valence electrons. The first kappa shape index (κ1) is 18.8. The van der Waals surface area contributed by atoms with E-state index in [4.69, 9.17) is 0 Å². The van der Waals surface area contributed by atoms with Gasteiger partial charge in [0, 0.05) is 25.0 Å². The molecule has 1 amide bonds. The van der Waals surface area contributed by atoms with Crippen LogP contribution in [0.3, 0.4) is 0 Å². The van der Waals surface area contributed by atoms with Crippen LogP contribution in [0.2, 0.25) is 0 Å². The first-order valence-electron chi connectivity index (χ1n) is 8.64. The number of aromatic amines is 1. The maximum absolute atomic E-state index is 11.9. The van der Waals surface area contributed by atoms with Crippen LogP contribution in [-0.4, -0.2) is 47.0 Å². The van der Waals surface area contributed by atoms with Gasteiger partial charge in [-0.2, -0.15) is 0 Å². The molecule has 7 nitrogen and oxygen atoms in total. The number of aliphatic imine (C=N–C) groups is 1. The highest BCUT2D eigenvalue weighted by Crippen LogP contribution is 2.10. The van der Waals surface area contributed by atoms with Crippen LogP contribution in [-0.2, 0) is 11.2 Å². The molecule has 0 atom stereocenters. The zero-order valence-electron chi connectivity index (χ0n) is 15.4. The van der Waals surface area contributed by atoms with Crippen LogP contribution in [0.15, 0.2) is 29.3 Å². The second-order valence-electron chi connectivity index (χ2n) is 6.87. The molecule has 2 rings (SSSR count). The molecule has 7 heteroatoms. The number of para-hydroxylation sites is 2. The Balaban J connectivity index is 1.86. The molecule has 0 aliphatic carbocycles. The van der Waals surface area contributed by atoms with E-state index in [1.807, 2.05) is 52.0 Å². The molecule has 0 radical (unpaired) electrons. The lowest BCUT2D eigenvalue weighted by Crippen LogP contribution is -2.43. The first-order valence-corrected chi connectivity index (χ1v) is 8.64. The van der Waals surface area contributed by atoms with E-state index in [2.05, 4.69) is 30.9 Å². The maximum Gasteiger partial charge on any atom is 0.242 e. The Morgan fingerprint density at radius 3 is 2.68 bits per heavy atom. The van der Waals surface area contributed by atoms with Crippen molar-refractivity contribution in [2.75, 3.05) is 19.6 Å². The van der Waals surface area contributed by atoms with E-state index in [0.29, 0.717) is 12.5 Å². The van der Waals surface area contributed by atoms with Crippen molar-refractivity contribution in [3.63, 3.8) is 0 Å². The molecule has 0 fully saturated rings. The molecule has 0 saturated heterocycles. The predicted molar refractivity (Wildman–Crippen MR) is 102 cm³/mol. The molecular formula is C18H28N6O. The molecule has 0 spiro atoms. The monoisotopic (exact) mass is 344 g/mol. The average molecular weight is 344 g/mol. The Hall–Kier alpha value is -2.57. The number of carbonyl (C=O) groups is 1. The number of H-pyrrole nitrogens is 1. The van der Waals surface area contributed by atoms with E-state index in [1.165, 1.54) is 0 Å². The van der Waals surface area contributed by atoms with Crippen LogP contribution >= 0.6 is 0 Å². The first-order chi connectivity index (χ1) is 11.9. The second-order valence-corrected chi connectivity index (χ2v) is 6.87. The van der Waals surface area contributed by atoms with Crippen molar-refractivity contribution in [3.05, 3.63) is 30.1 Å². The Morgan fingerprint density at radius 1 is 1.24 bits per heavy atom. The highest BCUT2D eigenvalue weighted by atomic mass is 16.2. The molecule has 1 heterocycles. The zero-order valence-corrected chi connectivity index (χ0v) is 15.4. The van der Waals surface area contributed by atoms with Crippen molar-refractivity contribution in [3.8, 4) is 0 Å². The molecule has 2 aromatic rings. The molecule has 0 aliphatic rings. The highest BCUT2D eigenvalue weighted by molar-refractivity contribution is 5.85.